The number of hydrogen-bond donors (Lipinski definition) is 0. The summed E-state index contributed by atoms with van der Waals surface area (Å²) in [6, 6.07) is 0. The van der Waals surface area contributed by atoms with E-state index in [-0.39, 0.29) is 37.5 Å². The van der Waals surface area contributed by atoms with E-state index < -0.39 is 6.10 Å². The lowest BCUT2D eigenvalue weighted by Gasteiger charge is -2.18. The molecule has 77 heavy (non-hydrogen) atoms. The third-order valence-corrected chi connectivity index (χ3v) is 12.5. The highest BCUT2D eigenvalue weighted by molar-refractivity contribution is 5.71. The second kappa shape index (κ2) is 63.6. The van der Waals surface area contributed by atoms with Crippen LogP contribution in [0.25, 0.3) is 0 Å². The van der Waals surface area contributed by atoms with Crippen LogP contribution in [0.4, 0.5) is 0 Å². The number of rotatable bonds is 54. The maximum absolute atomic E-state index is 12.9. The maximum atomic E-state index is 12.9. The van der Waals surface area contributed by atoms with E-state index in [0.29, 0.717) is 19.3 Å². The van der Waals surface area contributed by atoms with Gasteiger partial charge in [-0.2, -0.15) is 0 Å². The second-order valence-corrected chi connectivity index (χ2v) is 19.8. The summed E-state index contributed by atoms with van der Waals surface area (Å²) in [6.07, 6.45) is 92.3. The van der Waals surface area contributed by atoms with Crippen molar-refractivity contribution in [3.8, 4) is 0 Å². The van der Waals surface area contributed by atoms with E-state index in [9.17, 15) is 14.4 Å². The Morgan fingerprint density at radius 3 is 0.740 bits per heavy atom. The first kappa shape index (κ1) is 72.0. The zero-order valence-electron chi connectivity index (χ0n) is 49.4. The van der Waals surface area contributed by atoms with Crippen LogP contribution in [0.5, 0.6) is 0 Å². The van der Waals surface area contributed by atoms with Crippen molar-refractivity contribution < 1.29 is 28.6 Å². The molecule has 1 atom stereocenters. The van der Waals surface area contributed by atoms with Gasteiger partial charge < -0.3 is 14.2 Å². The summed E-state index contributed by atoms with van der Waals surface area (Å²) >= 11 is 0. The van der Waals surface area contributed by atoms with Crippen molar-refractivity contribution in [2.24, 2.45) is 0 Å². The minimum absolute atomic E-state index is 0.107. The van der Waals surface area contributed by atoms with Crippen molar-refractivity contribution in [3.63, 3.8) is 0 Å². The molecule has 0 heterocycles. The van der Waals surface area contributed by atoms with Gasteiger partial charge in [0, 0.05) is 19.3 Å². The number of ether oxygens (including phenoxy) is 3. The molecule has 0 saturated heterocycles. The highest BCUT2D eigenvalue weighted by atomic mass is 16.6. The molecule has 0 aromatic carbocycles. The molecule has 0 aromatic heterocycles. The van der Waals surface area contributed by atoms with Crippen molar-refractivity contribution in [3.05, 3.63) is 158 Å². The van der Waals surface area contributed by atoms with Crippen LogP contribution in [0.15, 0.2) is 158 Å². The highest BCUT2D eigenvalue weighted by Crippen LogP contribution is 2.14. The van der Waals surface area contributed by atoms with E-state index in [0.717, 1.165) is 161 Å². The summed E-state index contributed by atoms with van der Waals surface area (Å²) in [5.74, 6) is -0.965. The lowest BCUT2D eigenvalue weighted by Crippen LogP contribution is -2.30. The molecule has 0 fully saturated rings. The molecule has 0 spiro atoms. The highest BCUT2D eigenvalue weighted by Gasteiger charge is 2.19. The third-order valence-electron chi connectivity index (χ3n) is 12.5. The first-order valence-electron chi connectivity index (χ1n) is 31.0. The molecule has 0 radical (unpaired) electrons. The monoisotopic (exact) mass is 1060 g/mol. The lowest BCUT2D eigenvalue weighted by molar-refractivity contribution is -0.167. The molecule has 0 saturated carbocycles. The number of carbonyl (C=O) groups is 3. The van der Waals surface area contributed by atoms with Gasteiger partial charge in [0.25, 0.3) is 0 Å². The lowest BCUT2D eigenvalue weighted by atomic mass is 10.1. The fourth-order valence-corrected chi connectivity index (χ4v) is 7.98. The van der Waals surface area contributed by atoms with Gasteiger partial charge in [-0.05, 0) is 141 Å². The molecule has 0 bridgehead atoms. The Labute approximate surface area is 473 Å². The van der Waals surface area contributed by atoms with Crippen LogP contribution < -0.4 is 0 Å². The number of esters is 3. The van der Waals surface area contributed by atoms with E-state index >= 15 is 0 Å². The Morgan fingerprint density at radius 1 is 0.260 bits per heavy atom. The summed E-state index contributed by atoms with van der Waals surface area (Å²) < 4.78 is 16.9. The van der Waals surface area contributed by atoms with Crippen LogP contribution in [-0.2, 0) is 28.6 Å². The predicted molar refractivity (Wildman–Crippen MR) is 334 cm³/mol. The Bertz CT molecular complexity index is 1740. The van der Waals surface area contributed by atoms with Crippen LogP contribution in [-0.4, -0.2) is 37.2 Å². The summed E-state index contributed by atoms with van der Waals surface area (Å²) in [5, 5.41) is 0. The topological polar surface area (TPSA) is 78.9 Å². The van der Waals surface area contributed by atoms with Crippen LogP contribution >= 0.6 is 0 Å². The third kappa shape index (κ3) is 61.8. The fraction of sp³-hybridized carbons (Fsp3) is 0.592. The first-order chi connectivity index (χ1) is 38.0. The molecule has 432 valence electrons. The maximum Gasteiger partial charge on any atom is 0.306 e. The van der Waals surface area contributed by atoms with Crippen LogP contribution in [0, 0.1) is 0 Å². The Hall–Kier alpha value is -4.97. The van der Waals surface area contributed by atoms with Gasteiger partial charge in [0.05, 0.1) is 0 Å². The molecular formula is C71H112O6. The molecule has 0 aromatic rings. The van der Waals surface area contributed by atoms with Gasteiger partial charge in [-0.1, -0.05) is 249 Å². The van der Waals surface area contributed by atoms with Crippen LogP contribution in [0.1, 0.15) is 252 Å². The van der Waals surface area contributed by atoms with Crippen molar-refractivity contribution in [2.75, 3.05) is 13.2 Å². The Kier molecular flexibility index (Phi) is 59.5. The minimum atomic E-state index is -0.815. The number of carbonyl (C=O) groups excluding carboxylic acids is 3. The summed E-state index contributed by atoms with van der Waals surface area (Å²) in [4.78, 5) is 38.3. The predicted octanol–water partition coefficient (Wildman–Crippen LogP) is 21.3. The first-order valence-corrected chi connectivity index (χ1v) is 31.0. The van der Waals surface area contributed by atoms with Crippen LogP contribution in [0.3, 0.4) is 0 Å². The van der Waals surface area contributed by atoms with E-state index in [2.05, 4.69) is 179 Å². The summed E-state index contributed by atoms with van der Waals surface area (Å²) in [7, 11) is 0. The van der Waals surface area contributed by atoms with Gasteiger partial charge in [-0.25, -0.2) is 0 Å². The average molecular weight is 1060 g/mol. The van der Waals surface area contributed by atoms with Crippen molar-refractivity contribution >= 4 is 17.9 Å². The van der Waals surface area contributed by atoms with Gasteiger partial charge in [0.2, 0.25) is 0 Å². The standard InChI is InChI=1S/C71H112O6/c1-4-7-10-13-16-19-22-25-28-31-34-35-38-40-43-46-49-52-55-58-61-64-70(73)76-67-68(77-71(74)65-62-59-56-53-50-47-44-41-37-33-30-27-24-21-18-15-12-9-6-3)66-75-69(72)63-60-57-54-51-48-45-42-39-36-32-29-26-23-20-17-14-11-8-5-2/h7-12,16-21,25-30,34-37,39,41,47,50,68H,4-6,13-15,22-24,31-33,38,40,42-46,48-49,51-67H2,1-3H3/b10-7-,11-8-,12-9-,19-16-,20-17-,21-18-,28-25-,29-26-,30-27-,35-34-,39-36-,41-37-,50-47-. The minimum Gasteiger partial charge on any atom is -0.462 e. The smallest absolute Gasteiger partial charge is 0.306 e. The number of hydrogen-bond acceptors (Lipinski definition) is 6. The number of unbranched alkanes of at least 4 members (excludes halogenated alkanes) is 17. The molecule has 6 heteroatoms. The molecular weight excluding hydrogens is 949 g/mol. The van der Waals surface area contributed by atoms with Crippen molar-refractivity contribution in [1.29, 1.82) is 0 Å². The van der Waals surface area contributed by atoms with Crippen molar-refractivity contribution in [1.82, 2.24) is 0 Å². The quantitative estimate of drug-likeness (QED) is 0.0261. The van der Waals surface area contributed by atoms with Crippen LogP contribution in [0.2, 0.25) is 0 Å². The van der Waals surface area contributed by atoms with Crippen molar-refractivity contribution in [2.45, 2.75) is 258 Å². The molecule has 6 nitrogen and oxygen atoms in total. The molecule has 0 aliphatic carbocycles. The zero-order valence-corrected chi connectivity index (χ0v) is 49.4. The fourth-order valence-electron chi connectivity index (χ4n) is 7.98. The average Bonchev–Trinajstić information content (AvgIpc) is 3.43. The SMILES string of the molecule is CC/C=C\C/C=C\C/C=C\C/C=C\C/C=C\CCCCCC(=O)OC(COC(=O)CCCCCCCC/C=C\C/C=C\C/C=C\C/C=C\CC)COC(=O)CCCCCCCCCC/C=C\C/C=C\C/C=C\C/C=C\CC. The number of allylic oxidation sites excluding steroid dienone is 26. The largest absolute Gasteiger partial charge is 0.462 e. The molecule has 1 unspecified atom stereocenters. The Balaban J connectivity index is 4.52. The van der Waals surface area contributed by atoms with Gasteiger partial charge in [-0.3, -0.25) is 14.4 Å². The molecule has 0 rings (SSSR count). The van der Waals surface area contributed by atoms with Gasteiger partial charge in [-0.15, -0.1) is 0 Å². The summed E-state index contributed by atoms with van der Waals surface area (Å²) in [5.41, 5.74) is 0. The van der Waals surface area contributed by atoms with E-state index in [1.165, 1.54) is 44.9 Å². The van der Waals surface area contributed by atoms with Gasteiger partial charge in [0.1, 0.15) is 13.2 Å². The van der Waals surface area contributed by atoms with E-state index in [4.69, 9.17) is 14.2 Å². The molecule has 0 amide bonds. The van der Waals surface area contributed by atoms with E-state index in [1.54, 1.807) is 0 Å². The normalized spacial score (nSPS) is 13.2. The summed E-state index contributed by atoms with van der Waals surface area (Å²) in [6.45, 7) is 6.25. The van der Waals surface area contributed by atoms with Gasteiger partial charge >= 0.3 is 17.9 Å². The molecule has 0 aliphatic rings. The molecule has 0 aliphatic heterocycles. The second-order valence-electron chi connectivity index (χ2n) is 19.8. The van der Waals surface area contributed by atoms with E-state index in [1.807, 2.05) is 0 Å². The Morgan fingerprint density at radius 2 is 0.468 bits per heavy atom. The molecule has 0 N–H and O–H groups in total. The van der Waals surface area contributed by atoms with Gasteiger partial charge in [0.15, 0.2) is 6.10 Å². The zero-order chi connectivity index (χ0) is 55.7.